The van der Waals surface area contributed by atoms with E-state index in [1.807, 2.05) is 19.9 Å². The summed E-state index contributed by atoms with van der Waals surface area (Å²) in [4.78, 5) is 0. The van der Waals surface area contributed by atoms with Gasteiger partial charge in [0.05, 0.1) is 11.6 Å². The molecule has 1 aromatic carbocycles. The van der Waals surface area contributed by atoms with Crippen molar-refractivity contribution in [3.05, 3.63) is 35.1 Å². The summed E-state index contributed by atoms with van der Waals surface area (Å²) in [6.45, 7) is 3.88. The number of rotatable bonds is 4. The summed E-state index contributed by atoms with van der Waals surface area (Å²) < 4.78 is 13.5. The zero-order valence-electron chi connectivity index (χ0n) is 9.46. The van der Waals surface area contributed by atoms with Crippen LogP contribution in [0.4, 0.5) is 4.39 Å². The molecule has 0 aliphatic carbocycles. The molecule has 0 radical (unpaired) electrons. The van der Waals surface area contributed by atoms with E-state index in [1.165, 1.54) is 6.07 Å². The average Bonchev–Trinajstić information content (AvgIpc) is 2.18. The molecule has 16 heavy (non-hydrogen) atoms. The predicted molar refractivity (Wildman–Crippen MR) is 65.5 cm³/mol. The molecule has 2 N–H and O–H groups in total. The summed E-state index contributed by atoms with van der Waals surface area (Å²) in [5.41, 5.74) is 6.55. The first-order valence-electron chi connectivity index (χ1n) is 4.97. The molecule has 0 fully saturated rings. The van der Waals surface area contributed by atoms with Gasteiger partial charge in [-0.05, 0) is 31.5 Å². The molecule has 0 atom stereocenters. The molecule has 0 heterocycles. The summed E-state index contributed by atoms with van der Waals surface area (Å²) in [5, 5.41) is 8.60. The van der Waals surface area contributed by atoms with E-state index in [0.29, 0.717) is 16.9 Å². The molecule has 2 nitrogen and oxygen atoms in total. The van der Waals surface area contributed by atoms with Crippen molar-refractivity contribution < 1.29 is 4.39 Å². The van der Waals surface area contributed by atoms with Gasteiger partial charge in [0.1, 0.15) is 5.82 Å². The van der Waals surface area contributed by atoms with Crippen LogP contribution in [-0.4, -0.2) is 11.3 Å². The van der Waals surface area contributed by atoms with Gasteiger partial charge in [-0.15, -0.1) is 0 Å². The maximum absolute atomic E-state index is 13.5. The average molecular weight is 238 g/mol. The summed E-state index contributed by atoms with van der Waals surface area (Å²) in [5.74, 6) is 1.03. The van der Waals surface area contributed by atoms with Crippen molar-refractivity contribution in [2.45, 2.75) is 25.1 Å². The number of thioether (sulfide) groups is 1. The van der Waals surface area contributed by atoms with E-state index in [2.05, 4.69) is 0 Å². The van der Waals surface area contributed by atoms with E-state index < -0.39 is 0 Å². The first-order valence-corrected chi connectivity index (χ1v) is 6.13. The lowest BCUT2D eigenvalue weighted by Gasteiger charge is -2.17. The Hall–Kier alpha value is -1.05. The van der Waals surface area contributed by atoms with Crippen molar-refractivity contribution in [3.8, 4) is 6.07 Å². The molecule has 0 saturated heterocycles. The molecule has 0 aliphatic rings. The second kappa shape index (κ2) is 5.33. The van der Waals surface area contributed by atoms with Crippen LogP contribution >= 0.6 is 11.8 Å². The zero-order valence-corrected chi connectivity index (χ0v) is 10.3. The Labute approximate surface area is 99.6 Å². The van der Waals surface area contributed by atoms with Gasteiger partial charge >= 0.3 is 0 Å². The summed E-state index contributed by atoms with van der Waals surface area (Å²) >= 11 is 1.59. The van der Waals surface area contributed by atoms with Crippen molar-refractivity contribution in [1.29, 1.82) is 5.26 Å². The molecule has 0 aliphatic heterocycles. The third-order valence-electron chi connectivity index (χ3n) is 1.91. The zero-order chi connectivity index (χ0) is 12.2. The van der Waals surface area contributed by atoms with Gasteiger partial charge in [-0.3, -0.25) is 0 Å². The molecule has 1 rings (SSSR count). The summed E-state index contributed by atoms with van der Waals surface area (Å²) in [7, 11) is 0. The van der Waals surface area contributed by atoms with Crippen molar-refractivity contribution in [2.75, 3.05) is 5.75 Å². The monoisotopic (exact) mass is 238 g/mol. The molecule has 1 aromatic rings. The number of benzene rings is 1. The molecule has 0 bridgehead atoms. The van der Waals surface area contributed by atoms with Gasteiger partial charge < -0.3 is 5.73 Å². The van der Waals surface area contributed by atoms with Crippen molar-refractivity contribution in [1.82, 2.24) is 0 Å². The molecule has 86 valence electrons. The topological polar surface area (TPSA) is 49.8 Å². The quantitative estimate of drug-likeness (QED) is 0.877. The Balaban J connectivity index is 2.59. The van der Waals surface area contributed by atoms with Gasteiger partial charge in [-0.2, -0.15) is 17.0 Å². The second-order valence-electron chi connectivity index (χ2n) is 4.40. The minimum absolute atomic E-state index is 0.242. The Morgan fingerprint density at radius 1 is 1.50 bits per heavy atom. The lowest BCUT2D eigenvalue weighted by atomic mass is 10.1. The number of nitrogens with zero attached hydrogens (tertiary/aromatic N) is 1. The van der Waals surface area contributed by atoms with Crippen LogP contribution in [0.2, 0.25) is 0 Å². The number of hydrogen-bond donors (Lipinski definition) is 1. The molecular formula is C12H15FN2S. The fourth-order valence-corrected chi connectivity index (χ4v) is 2.24. The molecule has 4 heteroatoms. The fraction of sp³-hybridized carbons (Fsp3) is 0.417. The van der Waals surface area contributed by atoms with Crippen LogP contribution in [0.3, 0.4) is 0 Å². The highest BCUT2D eigenvalue weighted by Gasteiger charge is 2.11. The van der Waals surface area contributed by atoms with Crippen LogP contribution in [0, 0.1) is 17.1 Å². The molecular weight excluding hydrogens is 223 g/mol. The van der Waals surface area contributed by atoms with Gasteiger partial charge in [0.25, 0.3) is 0 Å². The fourth-order valence-electron chi connectivity index (χ4n) is 1.16. The number of nitrogens with two attached hydrogens (primary N) is 1. The lowest BCUT2D eigenvalue weighted by Crippen LogP contribution is -2.34. The Bertz CT molecular complexity index is 404. The number of halogens is 1. The first-order chi connectivity index (χ1) is 7.42. The van der Waals surface area contributed by atoms with Gasteiger partial charge in [-0.1, -0.05) is 6.07 Å². The maximum Gasteiger partial charge on any atom is 0.128 e. The van der Waals surface area contributed by atoms with E-state index in [0.717, 1.165) is 5.75 Å². The van der Waals surface area contributed by atoms with E-state index >= 15 is 0 Å². The minimum atomic E-state index is -0.318. The van der Waals surface area contributed by atoms with Crippen molar-refractivity contribution in [2.24, 2.45) is 5.73 Å². The number of nitriles is 1. The molecule has 0 amide bonds. The van der Waals surface area contributed by atoms with E-state index in [4.69, 9.17) is 11.0 Å². The van der Waals surface area contributed by atoms with E-state index in [-0.39, 0.29) is 11.4 Å². The van der Waals surface area contributed by atoms with Crippen LogP contribution in [0.1, 0.15) is 25.0 Å². The van der Waals surface area contributed by atoms with E-state index in [1.54, 1.807) is 23.9 Å². The molecule has 0 aromatic heterocycles. The molecule has 0 unspecified atom stereocenters. The highest BCUT2D eigenvalue weighted by molar-refractivity contribution is 7.98. The predicted octanol–water partition coefficient (Wildman–Crippen LogP) is 2.67. The van der Waals surface area contributed by atoms with Gasteiger partial charge in [-0.25, -0.2) is 4.39 Å². The SMILES string of the molecule is CC(C)(N)CSCc1ccc(C#N)cc1F. The van der Waals surface area contributed by atoms with E-state index in [9.17, 15) is 4.39 Å². The second-order valence-corrected chi connectivity index (χ2v) is 5.38. The van der Waals surface area contributed by atoms with Gasteiger partial charge in [0.15, 0.2) is 0 Å². The van der Waals surface area contributed by atoms with Gasteiger partial charge in [0.2, 0.25) is 0 Å². The first kappa shape index (κ1) is 13.0. The van der Waals surface area contributed by atoms with Crippen LogP contribution in [0.15, 0.2) is 18.2 Å². The van der Waals surface area contributed by atoms with Crippen LogP contribution in [0.5, 0.6) is 0 Å². The number of hydrogen-bond acceptors (Lipinski definition) is 3. The third-order valence-corrected chi connectivity index (χ3v) is 3.38. The van der Waals surface area contributed by atoms with Gasteiger partial charge in [0, 0.05) is 17.0 Å². The maximum atomic E-state index is 13.5. The largest absolute Gasteiger partial charge is 0.325 e. The Kier molecular flexibility index (Phi) is 4.34. The molecule has 0 spiro atoms. The minimum Gasteiger partial charge on any atom is -0.325 e. The smallest absolute Gasteiger partial charge is 0.128 e. The third kappa shape index (κ3) is 4.21. The Morgan fingerprint density at radius 2 is 2.19 bits per heavy atom. The standard InChI is InChI=1S/C12H15FN2S/c1-12(2,15)8-16-7-10-4-3-9(6-14)5-11(10)13/h3-5H,7-8,15H2,1-2H3. The Morgan fingerprint density at radius 3 is 2.69 bits per heavy atom. The van der Waals surface area contributed by atoms with Crippen LogP contribution < -0.4 is 5.73 Å². The van der Waals surface area contributed by atoms with Crippen molar-refractivity contribution in [3.63, 3.8) is 0 Å². The normalized spacial score (nSPS) is 11.2. The summed E-state index contributed by atoms with van der Waals surface area (Å²) in [6, 6.07) is 6.46. The highest BCUT2D eigenvalue weighted by Crippen LogP contribution is 2.19. The van der Waals surface area contributed by atoms with Crippen LogP contribution in [-0.2, 0) is 5.75 Å². The molecule has 0 saturated carbocycles. The summed E-state index contributed by atoms with van der Waals surface area (Å²) in [6.07, 6.45) is 0. The van der Waals surface area contributed by atoms with Crippen LogP contribution in [0.25, 0.3) is 0 Å². The highest BCUT2D eigenvalue weighted by atomic mass is 32.2. The lowest BCUT2D eigenvalue weighted by molar-refractivity contribution is 0.590. The van der Waals surface area contributed by atoms with Crippen molar-refractivity contribution >= 4 is 11.8 Å².